The number of anilines is 1. The molecule has 1 spiro atoms. The van der Waals surface area contributed by atoms with E-state index < -0.39 is 0 Å². The summed E-state index contributed by atoms with van der Waals surface area (Å²) in [5.74, 6) is 1.68. The zero-order valence-corrected chi connectivity index (χ0v) is 17.6. The lowest BCUT2D eigenvalue weighted by Gasteiger charge is -2.39. The van der Waals surface area contributed by atoms with Crippen LogP contribution in [0.25, 0.3) is 10.9 Å². The molecule has 1 atom stereocenters. The van der Waals surface area contributed by atoms with Crippen molar-refractivity contribution >= 4 is 22.6 Å². The number of nitrogens with zero attached hydrogens (tertiary/aromatic N) is 5. The molecule has 0 unspecified atom stereocenters. The van der Waals surface area contributed by atoms with Crippen molar-refractivity contribution in [2.45, 2.75) is 51.5 Å². The minimum atomic E-state index is 0.0420. The lowest BCUT2D eigenvalue weighted by Crippen LogP contribution is -2.45. The molecule has 30 heavy (non-hydrogen) atoms. The van der Waals surface area contributed by atoms with E-state index in [0.717, 1.165) is 68.5 Å². The highest BCUT2D eigenvalue weighted by Crippen LogP contribution is 2.42. The number of hydrogen-bond acceptors (Lipinski definition) is 6. The van der Waals surface area contributed by atoms with Crippen molar-refractivity contribution in [2.24, 2.45) is 0 Å². The van der Waals surface area contributed by atoms with Gasteiger partial charge < -0.3 is 14.3 Å². The van der Waals surface area contributed by atoms with E-state index in [1.165, 1.54) is 0 Å². The number of aromatic nitrogens is 3. The first-order valence-corrected chi connectivity index (χ1v) is 10.8. The van der Waals surface area contributed by atoms with Crippen LogP contribution in [-0.4, -0.2) is 51.1 Å². The van der Waals surface area contributed by atoms with Crippen LogP contribution in [0.1, 0.15) is 53.9 Å². The Morgan fingerprint density at radius 2 is 1.83 bits per heavy atom. The Balaban J connectivity index is 1.43. The highest BCUT2D eigenvalue weighted by molar-refractivity contribution is 5.96. The minimum Gasteiger partial charge on any atom is -0.361 e. The fraction of sp³-hybridized carbons (Fsp3) is 0.478. The smallest absolute Gasteiger partial charge is 0.259 e. The van der Waals surface area contributed by atoms with E-state index in [9.17, 15) is 4.79 Å². The second-order valence-electron chi connectivity index (χ2n) is 8.54. The predicted molar refractivity (Wildman–Crippen MR) is 115 cm³/mol. The maximum absolute atomic E-state index is 13.2. The molecule has 0 radical (unpaired) electrons. The second-order valence-corrected chi connectivity index (χ2v) is 8.54. The summed E-state index contributed by atoms with van der Waals surface area (Å²) < 4.78 is 5.23. The SMILES string of the molecule is Cc1noc(C)c1C(=O)N1CCC[C@]2(CCCN2c2ncnc3ccccc23)CC1. The first-order valence-electron chi connectivity index (χ1n) is 10.8. The molecule has 156 valence electrons. The van der Waals surface area contributed by atoms with Gasteiger partial charge in [0.1, 0.15) is 23.5 Å². The van der Waals surface area contributed by atoms with E-state index in [4.69, 9.17) is 9.51 Å². The summed E-state index contributed by atoms with van der Waals surface area (Å²) >= 11 is 0. The van der Waals surface area contributed by atoms with E-state index in [1.807, 2.05) is 30.9 Å². The number of aryl methyl sites for hydroxylation is 2. The molecule has 0 N–H and O–H groups in total. The molecule has 2 aromatic heterocycles. The average Bonchev–Trinajstić information content (AvgIpc) is 3.24. The van der Waals surface area contributed by atoms with Crippen LogP contribution in [0, 0.1) is 13.8 Å². The molecule has 1 aromatic carbocycles. The molecule has 2 aliphatic heterocycles. The maximum atomic E-state index is 13.2. The molecule has 0 aliphatic carbocycles. The zero-order chi connectivity index (χ0) is 20.7. The Morgan fingerprint density at radius 3 is 2.63 bits per heavy atom. The van der Waals surface area contributed by atoms with Crippen LogP contribution in [-0.2, 0) is 0 Å². The van der Waals surface area contributed by atoms with Gasteiger partial charge in [0, 0.05) is 30.6 Å². The van der Waals surface area contributed by atoms with Gasteiger partial charge in [-0.05, 0) is 58.1 Å². The third kappa shape index (κ3) is 3.04. The highest BCUT2D eigenvalue weighted by Gasteiger charge is 2.43. The monoisotopic (exact) mass is 405 g/mol. The van der Waals surface area contributed by atoms with Gasteiger partial charge in [0.25, 0.3) is 5.91 Å². The summed E-state index contributed by atoms with van der Waals surface area (Å²) in [6.07, 6.45) is 6.95. The van der Waals surface area contributed by atoms with Crippen LogP contribution in [0.4, 0.5) is 5.82 Å². The van der Waals surface area contributed by atoms with Gasteiger partial charge in [0.15, 0.2) is 0 Å². The molecule has 7 nitrogen and oxygen atoms in total. The molecule has 0 saturated carbocycles. The van der Waals surface area contributed by atoms with Crippen LogP contribution >= 0.6 is 0 Å². The fourth-order valence-corrected chi connectivity index (χ4v) is 5.32. The number of likely N-dealkylation sites (tertiary alicyclic amines) is 1. The number of benzene rings is 1. The number of rotatable bonds is 2. The Kier molecular flexibility index (Phi) is 4.68. The third-order valence-corrected chi connectivity index (χ3v) is 6.83. The molecule has 2 saturated heterocycles. The van der Waals surface area contributed by atoms with Crippen molar-refractivity contribution in [3.63, 3.8) is 0 Å². The lowest BCUT2D eigenvalue weighted by molar-refractivity contribution is 0.0757. The van der Waals surface area contributed by atoms with E-state index in [0.29, 0.717) is 17.0 Å². The number of hydrogen-bond donors (Lipinski definition) is 0. The normalized spacial score (nSPS) is 22.1. The van der Waals surface area contributed by atoms with Crippen LogP contribution < -0.4 is 4.90 Å². The summed E-state index contributed by atoms with van der Waals surface area (Å²) in [5, 5.41) is 5.07. The minimum absolute atomic E-state index is 0.0420. The van der Waals surface area contributed by atoms with Crippen molar-refractivity contribution in [3.8, 4) is 0 Å². The Bertz CT molecular complexity index is 1070. The maximum Gasteiger partial charge on any atom is 0.259 e. The molecule has 2 fully saturated rings. The topological polar surface area (TPSA) is 75.4 Å². The van der Waals surface area contributed by atoms with E-state index in [2.05, 4.69) is 27.2 Å². The quantitative estimate of drug-likeness (QED) is 0.644. The van der Waals surface area contributed by atoms with Gasteiger partial charge in [-0.25, -0.2) is 9.97 Å². The van der Waals surface area contributed by atoms with Gasteiger partial charge >= 0.3 is 0 Å². The van der Waals surface area contributed by atoms with Gasteiger partial charge in [-0.1, -0.05) is 17.3 Å². The first kappa shape index (κ1) is 19.0. The number of fused-ring (bicyclic) bond motifs is 1. The van der Waals surface area contributed by atoms with Gasteiger partial charge in [0.05, 0.1) is 11.2 Å². The summed E-state index contributed by atoms with van der Waals surface area (Å²) in [6.45, 7) is 6.15. The number of carbonyl (C=O) groups excluding carboxylic acids is 1. The zero-order valence-electron chi connectivity index (χ0n) is 17.6. The molecule has 2 aliphatic rings. The van der Waals surface area contributed by atoms with E-state index >= 15 is 0 Å². The molecular formula is C23H27N5O2. The average molecular weight is 406 g/mol. The van der Waals surface area contributed by atoms with Crippen LogP contribution in [0.5, 0.6) is 0 Å². The molecule has 0 bridgehead atoms. The van der Waals surface area contributed by atoms with Crippen LogP contribution in [0.2, 0.25) is 0 Å². The molecule has 5 rings (SSSR count). The van der Waals surface area contributed by atoms with Crippen molar-refractivity contribution in [1.82, 2.24) is 20.0 Å². The number of carbonyl (C=O) groups is 1. The Labute approximate surface area is 176 Å². The highest BCUT2D eigenvalue weighted by atomic mass is 16.5. The summed E-state index contributed by atoms with van der Waals surface area (Å²) in [6, 6.07) is 8.22. The predicted octanol–water partition coefficient (Wildman–Crippen LogP) is 3.90. The summed E-state index contributed by atoms with van der Waals surface area (Å²) in [4.78, 5) is 26.8. The lowest BCUT2D eigenvalue weighted by atomic mass is 9.87. The van der Waals surface area contributed by atoms with Crippen molar-refractivity contribution < 1.29 is 9.32 Å². The standard InChI is InChI=1S/C23H27N5O2/c1-16-20(17(2)30-26-16)22(29)27-12-5-9-23(11-14-27)10-6-13-28(23)21-18-7-3-4-8-19(18)24-15-25-21/h3-4,7-8,15H,5-6,9-14H2,1-2H3/t23-/m0/s1. The molecule has 1 amide bonds. The summed E-state index contributed by atoms with van der Waals surface area (Å²) in [7, 11) is 0. The molecular weight excluding hydrogens is 378 g/mol. The van der Waals surface area contributed by atoms with Gasteiger partial charge in [-0.2, -0.15) is 0 Å². The van der Waals surface area contributed by atoms with Gasteiger partial charge in [-0.3, -0.25) is 4.79 Å². The van der Waals surface area contributed by atoms with Crippen molar-refractivity contribution in [1.29, 1.82) is 0 Å². The van der Waals surface area contributed by atoms with E-state index in [1.54, 1.807) is 6.33 Å². The largest absolute Gasteiger partial charge is 0.361 e. The van der Waals surface area contributed by atoms with Gasteiger partial charge in [-0.15, -0.1) is 0 Å². The number of amides is 1. The van der Waals surface area contributed by atoms with Crippen molar-refractivity contribution in [2.75, 3.05) is 24.5 Å². The first-order chi connectivity index (χ1) is 14.6. The van der Waals surface area contributed by atoms with Crippen LogP contribution in [0.3, 0.4) is 0 Å². The van der Waals surface area contributed by atoms with E-state index in [-0.39, 0.29) is 11.4 Å². The second kappa shape index (κ2) is 7.38. The molecule has 4 heterocycles. The van der Waals surface area contributed by atoms with Crippen LogP contribution in [0.15, 0.2) is 35.1 Å². The van der Waals surface area contributed by atoms with Crippen molar-refractivity contribution in [3.05, 3.63) is 47.6 Å². The summed E-state index contributed by atoms with van der Waals surface area (Å²) in [5.41, 5.74) is 2.32. The Morgan fingerprint density at radius 1 is 1.03 bits per heavy atom. The Hall–Kier alpha value is -2.96. The van der Waals surface area contributed by atoms with Gasteiger partial charge in [0.2, 0.25) is 0 Å². The molecule has 3 aromatic rings. The molecule has 7 heteroatoms. The fourth-order valence-electron chi connectivity index (χ4n) is 5.32. The third-order valence-electron chi connectivity index (χ3n) is 6.83. The number of para-hydroxylation sites is 1.